The van der Waals surface area contributed by atoms with E-state index in [-0.39, 0.29) is 6.61 Å². The highest BCUT2D eigenvalue weighted by Crippen LogP contribution is 2.20. The van der Waals surface area contributed by atoms with Gasteiger partial charge >= 0.3 is 0 Å². The van der Waals surface area contributed by atoms with E-state index in [9.17, 15) is 0 Å². The smallest absolute Gasteiger partial charge is 0.0600 e. The van der Waals surface area contributed by atoms with Gasteiger partial charge in [0, 0.05) is 6.61 Å². The minimum Gasteiger partial charge on any atom is -0.396 e. The first-order valence-corrected chi connectivity index (χ1v) is 4.09. The maximum absolute atomic E-state index is 8.62. The fraction of sp³-hybridized carbons (Fsp3) is 1.00. The summed E-state index contributed by atoms with van der Waals surface area (Å²) in [4.78, 5) is 0. The Balaban J connectivity index is 2.18. The van der Waals surface area contributed by atoms with E-state index in [0.717, 1.165) is 12.8 Å². The SMILES string of the molecule is C[C@H]1CCC[C@@H](CCO)O1. The Labute approximate surface area is 62.2 Å². The second-order valence-corrected chi connectivity index (χ2v) is 3.01. The average molecular weight is 144 g/mol. The third-order valence-electron chi connectivity index (χ3n) is 2.01. The Kier molecular flexibility index (Phi) is 3.16. The molecule has 0 spiro atoms. The standard InChI is InChI=1S/C8H16O2/c1-7-3-2-4-8(10-7)5-6-9/h7-9H,2-6H2,1H3/t7-,8-/m0/s1. The van der Waals surface area contributed by atoms with Gasteiger partial charge in [0.05, 0.1) is 12.2 Å². The summed E-state index contributed by atoms with van der Waals surface area (Å²) in [7, 11) is 0. The Morgan fingerprint density at radius 3 is 2.90 bits per heavy atom. The first-order valence-electron chi connectivity index (χ1n) is 4.09. The summed E-state index contributed by atoms with van der Waals surface area (Å²) in [6.07, 6.45) is 5.11. The maximum Gasteiger partial charge on any atom is 0.0600 e. The van der Waals surface area contributed by atoms with Crippen LogP contribution in [0.15, 0.2) is 0 Å². The van der Waals surface area contributed by atoms with Crippen molar-refractivity contribution in [1.82, 2.24) is 0 Å². The van der Waals surface area contributed by atoms with E-state index >= 15 is 0 Å². The van der Waals surface area contributed by atoms with Gasteiger partial charge in [0.1, 0.15) is 0 Å². The summed E-state index contributed by atoms with van der Waals surface area (Å²) in [5.74, 6) is 0. The summed E-state index contributed by atoms with van der Waals surface area (Å²) in [6, 6.07) is 0. The average Bonchev–Trinajstić information content (AvgIpc) is 1.88. The molecule has 0 saturated carbocycles. The van der Waals surface area contributed by atoms with Crippen LogP contribution in [0.25, 0.3) is 0 Å². The molecule has 1 fully saturated rings. The molecule has 0 aromatic heterocycles. The van der Waals surface area contributed by atoms with Gasteiger partial charge in [-0.1, -0.05) is 0 Å². The molecular weight excluding hydrogens is 128 g/mol. The monoisotopic (exact) mass is 144 g/mol. The van der Waals surface area contributed by atoms with Crippen molar-refractivity contribution in [3.8, 4) is 0 Å². The molecule has 1 aliphatic rings. The molecule has 1 N–H and O–H groups in total. The van der Waals surface area contributed by atoms with Crippen LogP contribution in [0.5, 0.6) is 0 Å². The molecule has 0 bridgehead atoms. The molecule has 10 heavy (non-hydrogen) atoms. The third kappa shape index (κ3) is 2.27. The molecule has 1 rings (SSSR count). The van der Waals surface area contributed by atoms with Crippen LogP contribution in [0.4, 0.5) is 0 Å². The van der Waals surface area contributed by atoms with E-state index in [1.54, 1.807) is 0 Å². The Hall–Kier alpha value is -0.0800. The Bertz CT molecular complexity index is 91.3. The molecule has 2 nitrogen and oxygen atoms in total. The number of ether oxygens (including phenoxy) is 1. The van der Waals surface area contributed by atoms with Gasteiger partial charge in [0.25, 0.3) is 0 Å². The zero-order valence-corrected chi connectivity index (χ0v) is 6.55. The van der Waals surface area contributed by atoms with Gasteiger partial charge in [-0.05, 0) is 32.6 Å². The van der Waals surface area contributed by atoms with Crippen molar-refractivity contribution in [2.45, 2.75) is 44.8 Å². The summed E-state index contributed by atoms with van der Waals surface area (Å²) < 4.78 is 5.57. The van der Waals surface area contributed by atoms with Gasteiger partial charge in [-0.15, -0.1) is 0 Å². The zero-order chi connectivity index (χ0) is 7.40. The fourth-order valence-corrected chi connectivity index (χ4v) is 1.45. The van der Waals surface area contributed by atoms with E-state index < -0.39 is 0 Å². The maximum atomic E-state index is 8.62. The zero-order valence-electron chi connectivity index (χ0n) is 6.55. The molecule has 2 heteroatoms. The van der Waals surface area contributed by atoms with Gasteiger partial charge in [-0.2, -0.15) is 0 Å². The number of aliphatic hydroxyl groups excluding tert-OH is 1. The number of aliphatic hydroxyl groups is 1. The molecule has 0 unspecified atom stereocenters. The third-order valence-corrected chi connectivity index (χ3v) is 2.01. The molecule has 0 aliphatic carbocycles. The summed E-state index contributed by atoms with van der Waals surface area (Å²) >= 11 is 0. The van der Waals surface area contributed by atoms with E-state index in [2.05, 4.69) is 6.92 Å². The van der Waals surface area contributed by atoms with Crippen molar-refractivity contribution in [3.63, 3.8) is 0 Å². The first-order chi connectivity index (χ1) is 4.83. The number of hydrogen-bond donors (Lipinski definition) is 1. The van der Waals surface area contributed by atoms with Gasteiger partial charge in [-0.3, -0.25) is 0 Å². The normalized spacial score (nSPS) is 34.2. The van der Waals surface area contributed by atoms with Gasteiger partial charge < -0.3 is 9.84 Å². The largest absolute Gasteiger partial charge is 0.396 e. The lowest BCUT2D eigenvalue weighted by molar-refractivity contribution is -0.0489. The van der Waals surface area contributed by atoms with Crippen LogP contribution < -0.4 is 0 Å². The van der Waals surface area contributed by atoms with Crippen LogP contribution in [0.2, 0.25) is 0 Å². The first kappa shape index (κ1) is 8.02. The van der Waals surface area contributed by atoms with Crippen molar-refractivity contribution in [2.75, 3.05) is 6.61 Å². The number of rotatable bonds is 2. The molecule has 1 aliphatic heterocycles. The van der Waals surface area contributed by atoms with E-state index in [1.807, 2.05) is 0 Å². The van der Waals surface area contributed by atoms with Crippen molar-refractivity contribution in [2.24, 2.45) is 0 Å². The van der Waals surface area contributed by atoms with Gasteiger partial charge in [0.2, 0.25) is 0 Å². The van der Waals surface area contributed by atoms with Crippen LogP contribution in [-0.2, 0) is 4.74 Å². The minimum absolute atomic E-state index is 0.261. The second-order valence-electron chi connectivity index (χ2n) is 3.01. The highest BCUT2D eigenvalue weighted by molar-refractivity contribution is 4.67. The Morgan fingerprint density at radius 2 is 2.30 bits per heavy atom. The van der Waals surface area contributed by atoms with Crippen molar-refractivity contribution in [1.29, 1.82) is 0 Å². The van der Waals surface area contributed by atoms with Crippen LogP contribution in [0.3, 0.4) is 0 Å². The lowest BCUT2D eigenvalue weighted by Crippen LogP contribution is -2.25. The Morgan fingerprint density at radius 1 is 1.50 bits per heavy atom. The predicted octanol–water partition coefficient (Wildman–Crippen LogP) is 1.33. The summed E-state index contributed by atoms with van der Waals surface area (Å²) in [6.45, 7) is 2.36. The van der Waals surface area contributed by atoms with Crippen LogP contribution in [0, 0.1) is 0 Å². The van der Waals surface area contributed by atoms with Crippen LogP contribution >= 0.6 is 0 Å². The fourth-order valence-electron chi connectivity index (χ4n) is 1.45. The molecular formula is C8H16O2. The molecule has 0 amide bonds. The quantitative estimate of drug-likeness (QED) is 0.633. The van der Waals surface area contributed by atoms with Gasteiger partial charge in [-0.25, -0.2) is 0 Å². The van der Waals surface area contributed by atoms with Crippen molar-refractivity contribution in [3.05, 3.63) is 0 Å². The molecule has 0 radical (unpaired) electrons. The highest BCUT2D eigenvalue weighted by atomic mass is 16.5. The van der Waals surface area contributed by atoms with Crippen molar-refractivity contribution < 1.29 is 9.84 Å². The summed E-state index contributed by atoms with van der Waals surface area (Å²) in [5, 5.41) is 8.62. The predicted molar refractivity (Wildman–Crippen MR) is 39.9 cm³/mol. The highest BCUT2D eigenvalue weighted by Gasteiger charge is 2.17. The van der Waals surface area contributed by atoms with Crippen molar-refractivity contribution >= 4 is 0 Å². The topological polar surface area (TPSA) is 29.5 Å². The lowest BCUT2D eigenvalue weighted by Gasteiger charge is -2.27. The molecule has 0 aromatic rings. The van der Waals surface area contributed by atoms with Crippen LogP contribution in [0.1, 0.15) is 32.6 Å². The van der Waals surface area contributed by atoms with Crippen LogP contribution in [-0.4, -0.2) is 23.9 Å². The minimum atomic E-state index is 0.261. The molecule has 1 saturated heterocycles. The van der Waals surface area contributed by atoms with E-state index in [1.165, 1.54) is 12.8 Å². The molecule has 2 atom stereocenters. The molecule has 1 heterocycles. The molecule has 60 valence electrons. The van der Waals surface area contributed by atoms with E-state index in [0.29, 0.717) is 12.2 Å². The lowest BCUT2D eigenvalue weighted by atomic mass is 10.0. The summed E-state index contributed by atoms with van der Waals surface area (Å²) in [5.41, 5.74) is 0. The van der Waals surface area contributed by atoms with E-state index in [4.69, 9.17) is 9.84 Å². The molecule has 0 aromatic carbocycles. The second kappa shape index (κ2) is 3.94. The van der Waals surface area contributed by atoms with Gasteiger partial charge in [0.15, 0.2) is 0 Å². The number of hydrogen-bond acceptors (Lipinski definition) is 2.